The Morgan fingerprint density at radius 1 is 1.11 bits per heavy atom. The van der Waals surface area contributed by atoms with Crippen LogP contribution in [0.3, 0.4) is 0 Å². The molecule has 0 unspecified atom stereocenters. The number of carbonyl (C=O) groups excluding carboxylic acids is 2. The summed E-state index contributed by atoms with van der Waals surface area (Å²) in [7, 11) is 0. The lowest BCUT2D eigenvalue weighted by atomic mass is 10.0. The molecule has 1 fully saturated rings. The smallest absolute Gasteiger partial charge is 0.229 e. The largest absolute Gasteiger partial charge is 0.328 e. The highest BCUT2D eigenvalue weighted by atomic mass is 16.2. The number of amides is 2. The molecular weight excluding hydrogens is 228 g/mol. The first-order valence-electron chi connectivity index (χ1n) is 7.24. The average molecular weight is 254 g/mol. The van der Waals surface area contributed by atoms with E-state index in [1.807, 2.05) is 0 Å². The van der Waals surface area contributed by atoms with Gasteiger partial charge >= 0.3 is 0 Å². The van der Waals surface area contributed by atoms with Gasteiger partial charge in [0, 0.05) is 25.4 Å². The Balaban J connectivity index is 2.18. The van der Waals surface area contributed by atoms with Crippen molar-refractivity contribution in [3.63, 3.8) is 0 Å². The zero-order valence-electron chi connectivity index (χ0n) is 11.5. The second-order valence-corrected chi connectivity index (χ2v) is 5.19. The second kappa shape index (κ2) is 8.25. The molecule has 0 aromatic carbocycles. The van der Waals surface area contributed by atoms with Gasteiger partial charge in [-0.05, 0) is 19.3 Å². The first kappa shape index (κ1) is 15.2. The summed E-state index contributed by atoms with van der Waals surface area (Å²) in [5, 5.41) is 0. The van der Waals surface area contributed by atoms with Gasteiger partial charge in [0.2, 0.25) is 11.8 Å². The van der Waals surface area contributed by atoms with Crippen molar-refractivity contribution in [2.45, 2.75) is 70.8 Å². The van der Waals surface area contributed by atoms with Gasteiger partial charge in [-0.25, -0.2) is 0 Å². The van der Waals surface area contributed by atoms with E-state index in [0.29, 0.717) is 25.8 Å². The first-order chi connectivity index (χ1) is 8.65. The molecule has 1 heterocycles. The Kier molecular flexibility index (Phi) is 6.94. The molecule has 0 aromatic rings. The number of nitrogens with two attached hydrogens (primary N) is 1. The molecule has 104 valence electrons. The molecule has 4 nitrogen and oxygen atoms in total. The third-order valence-corrected chi connectivity index (χ3v) is 3.54. The number of likely N-dealkylation sites (tertiary alicyclic amines) is 1. The van der Waals surface area contributed by atoms with E-state index < -0.39 is 0 Å². The van der Waals surface area contributed by atoms with Crippen LogP contribution in [0.15, 0.2) is 0 Å². The molecule has 2 N–H and O–H groups in total. The van der Waals surface area contributed by atoms with Crippen LogP contribution in [-0.4, -0.2) is 29.3 Å². The second-order valence-electron chi connectivity index (χ2n) is 5.19. The van der Waals surface area contributed by atoms with Crippen LogP contribution in [0.5, 0.6) is 0 Å². The normalized spacial score (nSPS) is 18.2. The van der Waals surface area contributed by atoms with Crippen molar-refractivity contribution in [1.29, 1.82) is 0 Å². The number of hydrogen-bond donors (Lipinski definition) is 1. The Morgan fingerprint density at radius 3 is 2.39 bits per heavy atom. The lowest BCUT2D eigenvalue weighted by Gasteiger charge is -2.26. The standard InChI is InChI=1S/C14H26N2O2/c1-2-3-4-5-7-12(15)10-11-16-13(17)8-6-9-14(16)18/h12H,2-11,15H2,1H3/t12-/m1/s1. The van der Waals surface area contributed by atoms with Crippen molar-refractivity contribution in [3.8, 4) is 0 Å². The highest BCUT2D eigenvalue weighted by Crippen LogP contribution is 2.14. The van der Waals surface area contributed by atoms with Gasteiger partial charge in [-0.15, -0.1) is 0 Å². The Morgan fingerprint density at radius 2 is 1.78 bits per heavy atom. The molecule has 0 spiro atoms. The third-order valence-electron chi connectivity index (χ3n) is 3.54. The quantitative estimate of drug-likeness (QED) is 0.533. The van der Waals surface area contributed by atoms with Gasteiger partial charge in [0.1, 0.15) is 0 Å². The number of imide groups is 1. The van der Waals surface area contributed by atoms with Crippen molar-refractivity contribution in [3.05, 3.63) is 0 Å². The van der Waals surface area contributed by atoms with Gasteiger partial charge in [0.25, 0.3) is 0 Å². The molecule has 2 amide bonds. The Bertz CT molecular complexity index is 263. The van der Waals surface area contributed by atoms with Gasteiger partial charge < -0.3 is 5.73 Å². The Hall–Kier alpha value is -0.900. The van der Waals surface area contributed by atoms with Crippen molar-refractivity contribution in [1.82, 2.24) is 4.90 Å². The third kappa shape index (κ3) is 5.17. The number of hydrogen-bond acceptors (Lipinski definition) is 3. The van der Waals surface area contributed by atoms with Crippen LogP contribution in [0.4, 0.5) is 0 Å². The maximum atomic E-state index is 11.6. The summed E-state index contributed by atoms with van der Waals surface area (Å²) in [5.74, 6) is -0.0473. The Labute approximate surface area is 110 Å². The number of rotatable bonds is 8. The van der Waals surface area contributed by atoms with E-state index in [9.17, 15) is 9.59 Å². The van der Waals surface area contributed by atoms with E-state index in [0.717, 1.165) is 19.3 Å². The van der Waals surface area contributed by atoms with E-state index in [2.05, 4.69) is 6.92 Å². The van der Waals surface area contributed by atoms with Gasteiger partial charge in [0.05, 0.1) is 0 Å². The molecule has 0 saturated carbocycles. The minimum atomic E-state index is -0.0237. The molecule has 0 bridgehead atoms. The molecule has 1 saturated heterocycles. The highest BCUT2D eigenvalue weighted by Gasteiger charge is 2.25. The molecule has 1 aliphatic rings. The number of piperidine rings is 1. The van der Waals surface area contributed by atoms with Crippen LogP contribution < -0.4 is 5.73 Å². The fourth-order valence-electron chi connectivity index (χ4n) is 2.32. The van der Waals surface area contributed by atoms with Gasteiger partial charge in [0.15, 0.2) is 0 Å². The average Bonchev–Trinajstić information content (AvgIpc) is 2.34. The van der Waals surface area contributed by atoms with Crippen molar-refractivity contribution in [2.75, 3.05) is 6.54 Å². The topological polar surface area (TPSA) is 63.4 Å². The van der Waals surface area contributed by atoms with Crippen molar-refractivity contribution in [2.24, 2.45) is 5.73 Å². The van der Waals surface area contributed by atoms with Crippen molar-refractivity contribution >= 4 is 11.8 Å². The lowest BCUT2D eigenvalue weighted by molar-refractivity contribution is -0.148. The van der Waals surface area contributed by atoms with E-state index in [-0.39, 0.29) is 17.9 Å². The maximum Gasteiger partial charge on any atom is 0.229 e. The summed E-state index contributed by atoms with van der Waals surface area (Å²) in [6.07, 6.45) is 8.33. The molecule has 1 aliphatic heterocycles. The van der Waals surface area contributed by atoms with Gasteiger partial charge in [-0.1, -0.05) is 32.6 Å². The summed E-state index contributed by atoms with van der Waals surface area (Å²) in [6, 6.07) is 0.115. The van der Waals surface area contributed by atoms with E-state index in [4.69, 9.17) is 5.73 Å². The zero-order valence-corrected chi connectivity index (χ0v) is 11.5. The molecule has 1 atom stereocenters. The molecular formula is C14H26N2O2. The highest BCUT2D eigenvalue weighted by molar-refractivity contribution is 5.97. The van der Waals surface area contributed by atoms with Crippen LogP contribution in [0.2, 0.25) is 0 Å². The number of nitrogens with zero attached hydrogens (tertiary/aromatic N) is 1. The first-order valence-corrected chi connectivity index (χ1v) is 7.24. The fourth-order valence-corrected chi connectivity index (χ4v) is 2.32. The molecule has 1 rings (SSSR count). The summed E-state index contributed by atoms with van der Waals surface area (Å²) >= 11 is 0. The minimum Gasteiger partial charge on any atom is -0.328 e. The lowest BCUT2D eigenvalue weighted by Crippen LogP contribution is -2.42. The molecule has 18 heavy (non-hydrogen) atoms. The predicted molar refractivity (Wildman–Crippen MR) is 71.9 cm³/mol. The predicted octanol–water partition coefficient (Wildman–Crippen LogP) is 2.21. The molecule has 0 aliphatic carbocycles. The van der Waals surface area contributed by atoms with Crippen molar-refractivity contribution < 1.29 is 9.59 Å². The van der Waals surface area contributed by atoms with Crippen LogP contribution in [-0.2, 0) is 9.59 Å². The summed E-state index contributed by atoms with van der Waals surface area (Å²) in [4.78, 5) is 24.6. The summed E-state index contributed by atoms with van der Waals surface area (Å²) in [6.45, 7) is 2.69. The van der Waals surface area contributed by atoms with Crippen LogP contribution in [0, 0.1) is 0 Å². The molecule has 0 aromatic heterocycles. The maximum absolute atomic E-state index is 11.6. The summed E-state index contributed by atoms with van der Waals surface area (Å²) in [5.41, 5.74) is 6.01. The number of carbonyl (C=O) groups is 2. The van der Waals surface area contributed by atoms with E-state index >= 15 is 0 Å². The molecule has 4 heteroatoms. The van der Waals surface area contributed by atoms with Crippen LogP contribution in [0.1, 0.15) is 64.7 Å². The zero-order chi connectivity index (χ0) is 13.4. The molecule has 0 radical (unpaired) electrons. The SMILES string of the molecule is CCCCCC[C@@H](N)CCN1C(=O)CCCC1=O. The summed E-state index contributed by atoms with van der Waals surface area (Å²) < 4.78 is 0. The van der Waals surface area contributed by atoms with E-state index in [1.165, 1.54) is 24.2 Å². The monoisotopic (exact) mass is 254 g/mol. The van der Waals surface area contributed by atoms with E-state index in [1.54, 1.807) is 0 Å². The van der Waals surface area contributed by atoms with Gasteiger partial charge in [-0.3, -0.25) is 14.5 Å². The van der Waals surface area contributed by atoms with Crippen LogP contribution >= 0.6 is 0 Å². The fraction of sp³-hybridized carbons (Fsp3) is 0.857. The number of unbranched alkanes of at least 4 members (excludes halogenated alkanes) is 3. The van der Waals surface area contributed by atoms with Gasteiger partial charge in [-0.2, -0.15) is 0 Å². The van der Waals surface area contributed by atoms with Crippen LogP contribution in [0.25, 0.3) is 0 Å². The minimum absolute atomic E-state index is 0.0237.